The molecular weight excluding hydrogens is 270 g/mol. The largest absolute Gasteiger partial charge is 0.433 e. The molecule has 0 saturated carbocycles. The predicted octanol–water partition coefficient (Wildman–Crippen LogP) is 2.57. The lowest BCUT2D eigenvalue weighted by atomic mass is 10.2. The standard InChI is InChI=1S/C13H18F2N2O3/c1-2-9(18)7-8-16-13(19)17-10-5-3-4-6-11(10)20-12(14)15/h3-6,9,12,18H,2,7-8H2,1H3,(H2,16,17,19). The Kier molecular flexibility index (Phi) is 6.72. The number of rotatable bonds is 7. The van der Waals surface area contributed by atoms with Crippen molar-refractivity contribution >= 4 is 11.7 Å². The fourth-order valence-corrected chi connectivity index (χ4v) is 1.49. The van der Waals surface area contributed by atoms with Gasteiger partial charge in [-0.2, -0.15) is 8.78 Å². The summed E-state index contributed by atoms with van der Waals surface area (Å²) in [5.74, 6) is -0.105. The van der Waals surface area contributed by atoms with Gasteiger partial charge >= 0.3 is 12.6 Å². The number of urea groups is 1. The van der Waals surface area contributed by atoms with Crippen molar-refractivity contribution in [3.63, 3.8) is 0 Å². The zero-order valence-electron chi connectivity index (χ0n) is 11.1. The number of hydrogen-bond acceptors (Lipinski definition) is 3. The summed E-state index contributed by atoms with van der Waals surface area (Å²) in [6.07, 6.45) is 0.567. The first-order valence-electron chi connectivity index (χ1n) is 6.29. The molecule has 0 aliphatic carbocycles. The molecule has 7 heteroatoms. The van der Waals surface area contributed by atoms with Crippen LogP contribution in [0.25, 0.3) is 0 Å². The lowest BCUT2D eigenvalue weighted by molar-refractivity contribution is -0.0493. The summed E-state index contributed by atoms with van der Waals surface area (Å²) in [5, 5.41) is 14.3. The van der Waals surface area contributed by atoms with E-state index in [2.05, 4.69) is 15.4 Å². The van der Waals surface area contributed by atoms with E-state index in [0.29, 0.717) is 19.4 Å². The minimum atomic E-state index is -2.96. The van der Waals surface area contributed by atoms with Crippen LogP contribution in [0.4, 0.5) is 19.3 Å². The van der Waals surface area contributed by atoms with E-state index in [9.17, 15) is 18.7 Å². The Hall–Kier alpha value is -1.89. The molecular formula is C13H18F2N2O3. The number of hydrogen-bond donors (Lipinski definition) is 3. The molecule has 0 aromatic heterocycles. The summed E-state index contributed by atoms with van der Waals surface area (Å²) in [6.45, 7) is -0.831. The van der Waals surface area contributed by atoms with E-state index in [1.165, 1.54) is 18.2 Å². The van der Waals surface area contributed by atoms with Gasteiger partial charge in [0, 0.05) is 6.54 Å². The monoisotopic (exact) mass is 288 g/mol. The predicted molar refractivity (Wildman–Crippen MR) is 71.0 cm³/mol. The van der Waals surface area contributed by atoms with E-state index < -0.39 is 18.7 Å². The van der Waals surface area contributed by atoms with E-state index in [-0.39, 0.29) is 11.4 Å². The van der Waals surface area contributed by atoms with Crippen LogP contribution in [0, 0.1) is 0 Å². The van der Waals surface area contributed by atoms with Crippen molar-refractivity contribution < 1.29 is 23.4 Å². The third-order valence-electron chi connectivity index (χ3n) is 2.59. The molecule has 0 aliphatic rings. The van der Waals surface area contributed by atoms with Gasteiger partial charge in [-0.3, -0.25) is 0 Å². The van der Waals surface area contributed by atoms with Gasteiger partial charge < -0.3 is 20.5 Å². The minimum absolute atomic E-state index is 0.105. The zero-order valence-corrected chi connectivity index (χ0v) is 11.1. The summed E-state index contributed by atoms with van der Waals surface area (Å²) < 4.78 is 28.7. The van der Waals surface area contributed by atoms with Crippen LogP contribution in [0.3, 0.4) is 0 Å². The molecule has 0 fully saturated rings. The first-order valence-corrected chi connectivity index (χ1v) is 6.29. The van der Waals surface area contributed by atoms with Crippen LogP contribution in [-0.2, 0) is 0 Å². The van der Waals surface area contributed by atoms with Crippen LogP contribution in [0.5, 0.6) is 5.75 Å². The van der Waals surface area contributed by atoms with Crippen molar-refractivity contribution in [1.29, 1.82) is 0 Å². The van der Waals surface area contributed by atoms with Gasteiger partial charge in [0.1, 0.15) is 5.75 Å². The zero-order chi connectivity index (χ0) is 15.0. The molecule has 0 aliphatic heterocycles. The van der Waals surface area contributed by atoms with Crippen LogP contribution in [-0.4, -0.2) is 30.4 Å². The Bertz CT molecular complexity index is 430. The molecule has 1 aromatic carbocycles. The molecule has 5 nitrogen and oxygen atoms in total. The van der Waals surface area contributed by atoms with Crippen molar-refractivity contribution in [2.45, 2.75) is 32.5 Å². The van der Waals surface area contributed by atoms with E-state index in [1.54, 1.807) is 6.07 Å². The van der Waals surface area contributed by atoms with Crippen molar-refractivity contribution in [3.8, 4) is 5.75 Å². The number of para-hydroxylation sites is 2. The molecule has 1 aromatic rings. The van der Waals surface area contributed by atoms with Crippen molar-refractivity contribution in [2.24, 2.45) is 0 Å². The van der Waals surface area contributed by atoms with Gasteiger partial charge in [0.15, 0.2) is 0 Å². The summed E-state index contributed by atoms with van der Waals surface area (Å²) in [4.78, 5) is 11.6. The SMILES string of the molecule is CCC(O)CCNC(=O)Nc1ccccc1OC(F)F. The van der Waals surface area contributed by atoms with Gasteiger partial charge in [0.05, 0.1) is 11.8 Å². The van der Waals surface area contributed by atoms with Gasteiger partial charge in [-0.1, -0.05) is 19.1 Å². The molecule has 3 N–H and O–H groups in total. The van der Waals surface area contributed by atoms with Crippen LogP contribution in [0.2, 0.25) is 0 Å². The average molecular weight is 288 g/mol. The fourth-order valence-electron chi connectivity index (χ4n) is 1.49. The van der Waals surface area contributed by atoms with Crippen molar-refractivity contribution in [1.82, 2.24) is 5.32 Å². The lowest BCUT2D eigenvalue weighted by Crippen LogP contribution is -2.31. The Morgan fingerprint density at radius 2 is 2.10 bits per heavy atom. The first kappa shape index (κ1) is 16.2. The fraction of sp³-hybridized carbons (Fsp3) is 0.462. The number of halogens is 2. The van der Waals surface area contributed by atoms with Gasteiger partial charge in [0.2, 0.25) is 0 Å². The Morgan fingerprint density at radius 3 is 2.75 bits per heavy atom. The van der Waals surface area contributed by atoms with Crippen molar-refractivity contribution in [2.75, 3.05) is 11.9 Å². The lowest BCUT2D eigenvalue weighted by Gasteiger charge is -2.13. The molecule has 2 amide bonds. The highest BCUT2D eigenvalue weighted by Gasteiger charge is 2.11. The van der Waals surface area contributed by atoms with Gasteiger partial charge in [0.25, 0.3) is 0 Å². The molecule has 1 rings (SSSR count). The van der Waals surface area contributed by atoms with Crippen LogP contribution < -0.4 is 15.4 Å². The number of carbonyl (C=O) groups excluding carboxylic acids is 1. The molecule has 1 atom stereocenters. The number of aliphatic hydroxyl groups excluding tert-OH is 1. The number of ether oxygens (including phenoxy) is 1. The van der Waals surface area contributed by atoms with Gasteiger partial charge in [-0.25, -0.2) is 4.79 Å². The van der Waals surface area contributed by atoms with Gasteiger partial charge in [-0.15, -0.1) is 0 Å². The topological polar surface area (TPSA) is 70.6 Å². The number of amides is 2. The molecule has 20 heavy (non-hydrogen) atoms. The maximum atomic E-state index is 12.2. The Morgan fingerprint density at radius 1 is 1.40 bits per heavy atom. The van der Waals surface area contributed by atoms with Crippen LogP contribution in [0.15, 0.2) is 24.3 Å². The highest BCUT2D eigenvalue weighted by atomic mass is 19.3. The highest BCUT2D eigenvalue weighted by molar-refractivity contribution is 5.90. The molecule has 112 valence electrons. The average Bonchev–Trinajstić information content (AvgIpc) is 2.40. The second kappa shape index (κ2) is 8.31. The maximum Gasteiger partial charge on any atom is 0.387 e. The van der Waals surface area contributed by atoms with E-state index in [1.807, 2.05) is 6.92 Å². The summed E-state index contributed by atoms with van der Waals surface area (Å²) >= 11 is 0. The molecule has 0 heterocycles. The smallest absolute Gasteiger partial charge is 0.387 e. The summed E-state index contributed by atoms with van der Waals surface area (Å²) in [7, 11) is 0. The first-order chi connectivity index (χ1) is 9.52. The summed E-state index contributed by atoms with van der Waals surface area (Å²) in [6, 6.07) is 5.37. The highest BCUT2D eigenvalue weighted by Crippen LogP contribution is 2.25. The normalized spacial score (nSPS) is 12.1. The number of anilines is 1. The quantitative estimate of drug-likeness (QED) is 0.722. The maximum absolute atomic E-state index is 12.2. The van der Waals surface area contributed by atoms with E-state index >= 15 is 0 Å². The Labute approximate surface area is 115 Å². The second-order valence-electron chi connectivity index (χ2n) is 4.11. The summed E-state index contributed by atoms with van der Waals surface area (Å²) in [5.41, 5.74) is 0.154. The molecule has 0 saturated heterocycles. The molecule has 0 radical (unpaired) electrons. The number of benzene rings is 1. The van der Waals surface area contributed by atoms with E-state index in [0.717, 1.165) is 0 Å². The second-order valence-corrected chi connectivity index (χ2v) is 4.11. The van der Waals surface area contributed by atoms with Gasteiger partial charge in [-0.05, 0) is 25.0 Å². The number of alkyl halides is 2. The third kappa shape index (κ3) is 5.83. The van der Waals surface area contributed by atoms with E-state index in [4.69, 9.17) is 0 Å². The Balaban J connectivity index is 2.49. The molecule has 0 bridgehead atoms. The molecule has 1 unspecified atom stereocenters. The third-order valence-corrected chi connectivity index (χ3v) is 2.59. The van der Waals surface area contributed by atoms with Crippen LogP contribution in [0.1, 0.15) is 19.8 Å². The number of nitrogens with one attached hydrogen (secondary N) is 2. The van der Waals surface area contributed by atoms with Crippen molar-refractivity contribution in [3.05, 3.63) is 24.3 Å². The minimum Gasteiger partial charge on any atom is -0.433 e. The molecule has 0 spiro atoms. The number of carbonyl (C=O) groups is 1. The van der Waals surface area contributed by atoms with Crippen LogP contribution >= 0.6 is 0 Å². The number of aliphatic hydroxyl groups is 1.